The van der Waals surface area contributed by atoms with Crippen LogP contribution in [0.1, 0.15) is 18.4 Å². The Balaban J connectivity index is 2.31. The van der Waals surface area contributed by atoms with E-state index in [9.17, 15) is 8.78 Å². The lowest BCUT2D eigenvalue weighted by atomic mass is 10.2. The second-order valence-corrected chi connectivity index (χ2v) is 4.39. The number of benzene rings is 1. The van der Waals surface area contributed by atoms with E-state index < -0.39 is 11.6 Å². The number of hydrogen-bond acceptors (Lipinski definition) is 1. The van der Waals surface area contributed by atoms with Crippen molar-refractivity contribution < 1.29 is 8.78 Å². The monoisotopic (exact) mass is 325 g/mol. The summed E-state index contributed by atoms with van der Waals surface area (Å²) in [5.74, 6) is -1.00. The molecule has 1 rings (SSSR count). The smallest absolute Gasteiger partial charge is 0.130 e. The Kier molecular flexibility index (Phi) is 6.09. The Bertz CT molecular complexity index is 305. The molecule has 1 N–H and O–H groups in total. The number of unbranched alkanes of at least 4 members (excludes halogenated alkanes) is 1. The highest BCUT2D eigenvalue weighted by Gasteiger charge is 2.02. The van der Waals surface area contributed by atoms with E-state index in [0.717, 1.165) is 23.5 Å². The zero-order valence-electron chi connectivity index (χ0n) is 8.40. The van der Waals surface area contributed by atoms with Gasteiger partial charge in [0.05, 0.1) is 0 Å². The predicted molar refractivity (Wildman–Crippen MR) is 66.2 cm³/mol. The van der Waals surface area contributed by atoms with Crippen LogP contribution in [0.2, 0.25) is 0 Å². The third-order valence-corrected chi connectivity index (χ3v) is 2.83. The standard InChI is InChI=1S/C11H14F2IN/c12-10-4-3-9(11(13)7-10)8-15-6-2-1-5-14/h3-4,7,15H,1-2,5-6,8H2. The predicted octanol–water partition coefficient (Wildman–Crippen LogP) is 3.27. The Morgan fingerprint density at radius 3 is 2.67 bits per heavy atom. The van der Waals surface area contributed by atoms with Gasteiger partial charge in [0.2, 0.25) is 0 Å². The molecule has 0 spiro atoms. The van der Waals surface area contributed by atoms with E-state index in [4.69, 9.17) is 0 Å². The first-order valence-corrected chi connectivity index (χ1v) is 6.47. The van der Waals surface area contributed by atoms with Crippen molar-refractivity contribution in [3.8, 4) is 0 Å². The van der Waals surface area contributed by atoms with Crippen molar-refractivity contribution in [1.29, 1.82) is 0 Å². The molecule has 1 aromatic rings. The van der Waals surface area contributed by atoms with Crippen molar-refractivity contribution in [2.75, 3.05) is 11.0 Å². The molecule has 0 heterocycles. The number of alkyl halides is 1. The Morgan fingerprint density at radius 1 is 1.20 bits per heavy atom. The average molecular weight is 325 g/mol. The summed E-state index contributed by atoms with van der Waals surface area (Å²) in [6, 6.07) is 3.68. The summed E-state index contributed by atoms with van der Waals surface area (Å²) in [6.07, 6.45) is 2.26. The number of halogens is 3. The van der Waals surface area contributed by atoms with Crippen molar-refractivity contribution in [3.05, 3.63) is 35.4 Å². The fraction of sp³-hybridized carbons (Fsp3) is 0.455. The van der Waals surface area contributed by atoms with Crippen LogP contribution in [-0.4, -0.2) is 11.0 Å². The molecule has 0 aliphatic heterocycles. The van der Waals surface area contributed by atoms with Crippen LogP contribution in [0.4, 0.5) is 8.78 Å². The van der Waals surface area contributed by atoms with E-state index in [1.807, 2.05) is 0 Å². The zero-order valence-corrected chi connectivity index (χ0v) is 10.6. The summed E-state index contributed by atoms with van der Waals surface area (Å²) in [5, 5.41) is 3.13. The lowest BCUT2D eigenvalue weighted by molar-refractivity contribution is 0.557. The number of rotatable bonds is 6. The van der Waals surface area contributed by atoms with Gasteiger partial charge in [-0.2, -0.15) is 0 Å². The van der Waals surface area contributed by atoms with Gasteiger partial charge in [0, 0.05) is 18.2 Å². The molecule has 0 bridgehead atoms. The first kappa shape index (κ1) is 12.8. The quantitative estimate of drug-likeness (QED) is 0.481. The van der Waals surface area contributed by atoms with Crippen molar-refractivity contribution in [2.45, 2.75) is 19.4 Å². The third kappa shape index (κ3) is 4.88. The van der Waals surface area contributed by atoms with E-state index in [1.165, 1.54) is 18.6 Å². The largest absolute Gasteiger partial charge is 0.313 e. The molecule has 1 aromatic carbocycles. The Labute approximate surface area is 102 Å². The molecule has 0 aliphatic carbocycles. The van der Waals surface area contributed by atoms with Gasteiger partial charge in [-0.15, -0.1) is 0 Å². The molecule has 4 heteroatoms. The minimum Gasteiger partial charge on any atom is -0.313 e. The van der Waals surface area contributed by atoms with Crippen LogP contribution < -0.4 is 5.32 Å². The summed E-state index contributed by atoms with van der Waals surface area (Å²) in [4.78, 5) is 0. The summed E-state index contributed by atoms with van der Waals surface area (Å²) >= 11 is 2.33. The second kappa shape index (κ2) is 7.11. The normalized spacial score (nSPS) is 10.6. The SMILES string of the molecule is Fc1ccc(CNCCCCI)c(F)c1. The maximum atomic E-state index is 13.1. The highest BCUT2D eigenvalue weighted by molar-refractivity contribution is 14.1. The molecule has 1 nitrogen and oxygen atoms in total. The van der Waals surface area contributed by atoms with Gasteiger partial charge in [0.1, 0.15) is 11.6 Å². The average Bonchev–Trinajstić information content (AvgIpc) is 2.20. The van der Waals surface area contributed by atoms with Crippen molar-refractivity contribution in [1.82, 2.24) is 5.32 Å². The van der Waals surface area contributed by atoms with Gasteiger partial charge in [0.15, 0.2) is 0 Å². The molecule has 15 heavy (non-hydrogen) atoms. The van der Waals surface area contributed by atoms with Crippen LogP contribution in [0, 0.1) is 11.6 Å². The van der Waals surface area contributed by atoms with Gasteiger partial charge in [-0.3, -0.25) is 0 Å². The van der Waals surface area contributed by atoms with Gasteiger partial charge < -0.3 is 5.32 Å². The van der Waals surface area contributed by atoms with Crippen LogP contribution in [0.5, 0.6) is 0 Å². The summed E-state index contributed by atoms with van der Waals surface area (Å²) in [7, 11) is 0. The van der Waals surface area contributed by atoms with Gasteiger partial charge in [-0.05, 0) is 29.9 Å². The maximum absolute atomic E-state index is 13.1. The van der Waals surface area contributed by atoms with E-state index in [0.29, 0.717) is 12.1 Å². The van der Waals surface area contributed by atoms with E-state index in [2.05, 4.69) is 27.9 Å². The van der Waals surface area contributed by atoms with Crippen LogP contribution >= 0.6 is 22.6 Å². The van der Waals surface area contributed by atoms with Gasteiger partial charge in [-0.1, -0.05) is 28.7 Å². The highest BCUT2D eigenvalue weighted by atomic mass is 127. The van der Waals surface area contributed by atoms with E-state index in [-0.39, 0.29) is 0 Å². The molecule has 0 saturated carbocycles. The fourth-order valence-corrected chi connectivity index (χ4v) is 1.77. The van der Waals surface area contributed by atoms with Gasteiger partial charge >= 0.3 is 0 Å². The molecule has 0 amide bonds. The summed E-state index contributed by atoms with van der Waals surface area (Å²) < 4.78 is 26.9. The molecular formula is C11H14F2IN. The molecule has 0 aliphatic rings. The maximum Gasteiger partial charge on any atom is 0.130 e. The van der Waals surface area contributed by atoms with E-state index in [1.54, 1.807) is 0 Å². The Morgan fingerprint density at radius 2 is 2.00 bits per heavy atom. The summed E-state index contributed by atoms with van der Waals surface area (Å²) in [6.45, 7) is 1.34. The highest BCUT2D eigenvalue weighted by Crippen LogP contribution is 2.08. The van der Waals surface area contributed by atoms with Crippen LogP contribution in [-0.2, 0) is 6.54 Å². The molecule has 0 radical (unpaired) electrons. The molecule has 0 aromatic heterocycles. The van der Waals surface area contributed by atoms with Crippen molar-refractivity contribution >= 4 is 22.6 Å². The van der Waals surface area contributed by atoms with E-state index >= 15 is 0 Å². The van der Waals surface area contributed by atoms with Crippen molar-refractivity contribution in [3.63, 3.8) is 0 Å². The molecule has 0 saturated heterocycles. The van der Waals surface area contributed by atoms with Crippen molar-refractivity contribution in [2.24, 2.45) is 0 Å². The Hall–Kier alpha value is -0.230. The molecule has 0 atom stereocenters. The number of hydrogen-bond donors (Lipinski definition) is 1. The first-order chi connectivity index (χ1) is 7.24. The van der Waals surface area contributed by atoms with Gasteiger partial charge in [-0.25, -0.2) is 8.78 Å². The lowest BCUT2D eigenvalue weighted by Crippen LogP contribution is -2.15. The van der Waals surface area contributed by atoms with Crippen LogP contribution in [0.25, 0.3) is 0 Å². The second-order valence-electron chi connectivity index (χ2n) is 3.31. The topological polar surface area (TPSA) is 12.0 Å². The molecule has 84 valence electrons. The zero-order chi connectivity index (χ0) is 11.1. The third-order valence-electron chi connectivity index (χ3n) is 2.07. The lowest BCUT2D eigenvalue weighted by Gasteiger charge is -2.05. The molecule has 0 fully saturated rings. The first-order valence-electron chi connectivity index (χ1n) is 4.94. The van der Waals surface area contributed by atoms with Crippen LogP contribution in [0.15, 0.2) is 18.2 Å². The van der Waals surface area contributed by atoms with Crippen LogP contribution in [0.3, 0.4) is 0 Å². The molecule has 0 unspecified atom stereocenters. The summed E-state index contributed by atoms with van der Waals surface area (Å²) in [5.41, 5.74) is 0.519. The molecular weight excluding hydrogens is 311 g/mol. The minimum absolute atomic E-state index is 0.466. The van der Waals surface area contributed by atoms with Gasteiger partial charge in [0.25, 0.3) is 0 Å². The number of nitrogens with one attached hydrogen (secondary N) is 1. The fourth-order valence-electron chi connectivity index (χ4n) is 1.23. The minimum atomic E-state index is -0.527.